The quantitative estimate of drug-likeness (QED) is 0.608. The number of Topliss-reactive ketones (excluding diaryl/α,β-unsaturated/α-hetero) is 1. The Kier molecular flexibility index (Phi) is 4.75. The molecule has 0 radical (unpaired) electrons. The fourth-order valence-corrected chi connectivity index (χ4v) is 0.834. The maximum atomic E-state index is 11.0. The first-order valence-corrected chi connectivity index (χ1v) is 4.08. The summed E-state index contributed by atoms with van der Waals surface area (Å²) in [4.78, 5) is 11.0. The van der Waals surface area contributed by atoms with Crippen LogP contribution >= 0.6 is 0 Å². The lowest BCUT2D eigenvalue weighted by molar-refractivity contribution is -0.118. The lowest BCUT2D eigenvalue weighted by atomic mass is 10.0. The van der Waals surface area contributed by atoms with Crippen LogP contribution < -0.4 is 0 Å². The molecule has 0 aliphatic rings. The molecule has 0 heterocycles. The number of rotatable bonds is 5. The van der Waals surface area contributed by atoms with Gasteiger partial charge in [-0.1, -0.05) is 13.8 Å². The summed E-state index contributed by atoms with van der Waals surface area (Å²) in [6.45, 7) is 5.88. The topological polar surface area (TPSA) is 40.9 Å². The van der Waals surface area contributed by atoms with E-state index in [1.54, 1.807) is 6.92 Å². The lowest BCUT2D eigenvalue weighted by Crippen LogP contribution is -2.04. The highest BCUT2D eigenvalue weighted by atomic mass is 16.1. The van der Waals surface area contributed by atoms with Crippen molar-refractivity contribution in [3.63, 3.8) is 0 Å². The Balaban J connectivity index is 3.46. The van der Waals surface area contributed by atoms with Crippen molar-refractivity contribution < 1.29 is 4.79 Å². The van der Waals surface area contributed by atoms with Crippen molar-refractivity contribution in [3.8, 4) is 0 Å². The number of hydrogen-bond donors (Lipinski definition) is 1. The third kappa shape index (κ3) is 7.23. The molecule has 0 aromatic heterocycles. The van der Waals surface area contributed by atoms with Crippen LogP contribution in [0.4, 0.5) is 0 Å². The molecule has 0 bridgehead atoms. The van der Waals surface area contributed by atoms with E-state index in [-0.39, 0.29) is 5.78 Å². The van der Waals surface area contributed by atoms with E-state index in [0.717, 1.165) is 6.42 Å². The van der Waals surface area contributed by atoms with Crippen molar-refractivity contribution in [2.75, 3.05) is 0 Å². The first kappa shape index (κ1) is 10.3. The summed E-state index contributed by atoms with van der Waals surface area (Å²) in [6.07, 6.45) is 1.92. The average molecular weight is 155 g/mol. The molecule has 2 nitrogen and oxygen atoms in total. The molecule has 0 saturated heterocycles. The van der Waals surface area contributed by atoms with Gasteiger partial charge < -0.3 is 5.41 Å². The second kappa shape index (κ2) is 5.05. The molecule has 0 aromatic carbocycles. The SMILES string of the molecule is CC(=N)CC(=O)CCC(C)C. The third-order valence-corrected chi connectivity index (χ3v) is 1.46. The summed E-state index contributed by atoms with van der Waals surface area (Å²) < 4.78 is 0. The van der Waals surface area contributed by atoms with Crippen LogP contribution in [0.1, 0.15) is 40.0 Å². The number of nitrogens with one attached hydrogen (secondary N) is 1. The van der Waals surface area contributed by atoms with Crippen molar-refractivity contribution in [1.29, 1.82) is 5.41 Å². The summed E-state index contributed by atoms with van der Waals surface area (Å²) in [5, 5.41) is 7.09. The van der Waals surface area contributed by atoms with E-state index >= 15 is 0 Å². The van der Waals surface area contributed by atoms with Crippen LogP contribution in [0.25, 0.3) is 0 Å². The molecule has 1 N–H and O–H groups in total. The molecule has 2 heteroatoms. The van der Waals surface area contributed by atoms with Crippen LogP contribution in [0, 0.1) is 11.3 Å². The number of carbonyl (C=O) groups is 1. The van der Waals surface area contributed by atoms with Crippen LogP contribution in [-0.4, -0.2) is 11.5 Å². The van der Waals surface area contributed by atoms with Gasteiger partial charge in [0.05, 0.1) is 0 Å². The van der Waals surface area contributed by atoms with E-state index in [1.807, 2.05) is 0 Å². The molecule has 0 amide bonds. The van der Waals surface area contributed by atoms with Crippen LogP contribution in [0.15, 0.2) is 0 Å². The first-order chi connectivity index (χ1) is 5.02. The lowest BCUT2D eigenvalue weighted by Gasteiger charge is -2.02. The highest BCUT2D eigenvalue weighted by Crippen LogP contribution is 2.05. The molecule has 0 rings (SSSR count). The molecule has 0 atom stereocenters. The summed E-state index contributed by atoms with van der Waals surface area (Å²) in [7, 11) is 0. The van der Waals surface area contributed by atoms with Crippen molar-refractivity contribution in [2.45, 2.75) is 40.0 Å². The predicted molar refractivity (Wildman–Crippen MR) is 47.1 cm³/mol. The Labute approximate surface area is 68.5 Å². The second-order valence-electron chi connectivity index (χ2n) is 3.43. The van der Waals surface area contributed by atoms with E-state index < -0.39 is 0 Å². The Hall–Kier alpha value is -0.660. The maximum absolute atomic E-state index is 11.0. The molecule has 0 fully saturated rings. The fraction of sp³-hybridized carbons (Fsp3) is 0.778. The largest absolute Gasteiger partial charge is 0.310 e. The summed E-state index contributed by atoms with van der Waals surface area (Å²) >= 11 is 0. The van der Waals surface area contributed by atoms with Crippen LogP contribution in [0.2, 0.25) is 0 Å². The number of ketones is 1. The smallest absolute Gasteiger partial charge is 0.138 e. The molecule has 0 saturated carbocycles. The number of carbonyl (C=O) groups excluding carboxylic acids is 1. The van der Waals surface area contributed by atoms with Gasteiger partial charge in [0.15, 0.2) is 0 Å². The monoisotopic (exact) mass is 155 g/mol. The molecule has 11 heavy (non-hydrogen) atoms. The fourth-order valence-electron chi connectivity index (χ4n) is 0.834. The van der Waals surface area contributed by atoms with E-state index in [4.69, 9.17) is 5.41 Å². The van der Waals surface area contributed by atoms with Gasteiger partial charge >= 0.3 is 0 Å². The Bertz CT molecular complexity index is 150. The van der Waals surface area contributed by atoms with Gasteiger partial charge in [0.25, 0.3) is 0 Å². The van der Waals surface area contributed by atoms with Crippen molar-refractivity contribution in [2.24, 2.45) is 5.92 Å². The normalized spacial score (nSPS) is 10.2. The summed E-state index contributed by atoms with van der Waals surface area (Å²) in [6, 6.07) is 0. The standard InChI is InChI=1S/C9H17NO/c1-7(2)4-5-9(11)6-8(3)10/h7,10H,4-6H2,1-3H3. The Morgan fingerprint density at radius 1 is 1.45 bits per heavy atom. The summed E-state index contributed by atoms with van der Waals surface area (Å²) in [5.41, 5.74) is 0.471. The van der Waals surface area contributed by atoms with Crippen molar-refractivity contribution in [3.05, 3.63) is 0 Å². The minimum Gasteiger partial charge on any atom is -0.310 e. The third-order valence-electron chi connectivity index (χ3n) is 1.46. The molecule has 64 valence electrons. The van der Waals surface area contributed by atoms with E-state index in [2.05, 4.69) is 13.8 Å². The van der Waals surface area contributed by atoms with Gasteiger partial charge in [-0.25, -0.2) is 0 Å². The number of hydrogen-bond acceptors (Lipinski definition) is 2. The van der Waals surface area contributed by atoms with E-state index in [0.29, 0.717) is 24.5 Å². The van der Waals surface area contributed by atoms with Gasteiger partial charge in [-0.3, -0.25) is 4.79 Å². The minimum atomic E-state index is 0.200. The van der Waals surface area contributed by atoms with Gasteiger partial charge in [-0.05, 0) is 19.3 Å². The highest BCUT2D eigenvalue weighted by molar-refractivity contribution is 5.99. The van der Waals surface area contributed by atoms with Gasteiger partial charge in [0, 0.05) is 18.6 Å². The van der Waals surface area contributed by atoms with Crippen LogP contribution in [0.5, 0.6) is 0 Å². The Morgan fingerprint density at radius 2 is 2.00 bits per heavy atom. The van der Waals surface area contributed by atoms with Gasteiger partial charge in [0.2, 0.25) is 0 Å². The average Bonchev–Trinajstić information content (AvgIpc) is 1.82. The van der Waals surface area contributed by atoms with Crippen LogP contribution in [-0.2, 0) is 4.79 Å². The molecule has 0 spiro atoms. The summed E-state index contributed by atoms with van der Waals surface area (Å²) in [5.74, 6) is 0.788. The van der Waals surface area contributed by atoms with E-state index in [1.165, 1.54) is 0 Å². The zero-order chi connectivity index (χ0) is 8.85. The van der Waals surface area contributed by atoms with Gasteiger partial charge in [-0.2, -0.15) is 0 Å². The minimum absolute atomic E-state index is 0.200. The van der Waals surface area contributed by atoms with E-state index in [9.17, 15) is 4.79 Å². The second-order valence-corrected chi connectivity index (χ2v) is 3.43. The molecule has 0 aliphatic heterocycles. The van der Waals surface area contributed by atoms with Gasteiger partial charge in [0.1, 0.15) is 5.78 Å². The zero-order valence-electron chi connectivity index (χ0n) is 7.61. The molecule has 0 aromatic rings. The van der Waals surface area contributed by atoms with Crippen molar-refractivity contribution in [1.82, 2.24) is 0 Å². The van der Waals surface area contributed by atoms with Gasteiger partial charge in [-0.15, -0.1) is 0 Å². The molecular weight excluding hydrogens is 138 g/mol. The molecule has 0 unspecified atom stereocenters. The van der Waals surface area contributed by atoms with Crippen molar-refractivity contribution >= 4 is 11.5 Å². The Morgan fingerprint density at radius 3 is 2.36 bits per heavy atom. The predicted octanol–water partition coefficient (Wildman–Crippen LogP) is 2.42. The highest BCUT2D eigenvalue weighted by Gasteiger charge is 2.03. The zero-order valence-corrected chi connectivity index (χ0v) is 7.61. The molecular formula is C9H17NO. The van der Waals surface area contributed by atoms with Crippen LogP contribution in [0.3, 0.4) is 0 Å². The molecule has 0 aliphatic carbocycles. The maximum Gasteiger partial charge on any atom is 0.138 e. The first-order valence-electron chi connectivity index (χ1n) is 4.08.